The van der Waals surface area contributed by atoms with Gasteiger partial charge in [-0.15, -0.1) is 0 Å². The Balaban J connectivity index is 1.47. The molecule has 7 nitrogen and oxygen atoms in total. The molecule has 0 aromatic heterocycles. The van der Waals surface area contributed by atoms with Gasteiger partial charge in [0.05, 0.1) is 12.7 Å². The van der Waals surface area contributed by atoms with Crippen LogP contribution in [-0.2, 0) is 26.0 Å². The minimum absolute atomic E-state index is 0.0296. The van der Waals surface area contributed by atoms with Crippen molar-refractivity contribution >= 4 is 27.5 Å². The number of benzene rings is 1. The van der Waals surface area contributed by atoms with E-state index in [0.717, 1.165) is 18.4 Å². The van der Waals surface area contributed by atoms with Gasteiger partial charge in [0.1, 0.15) is 0 Å². The quantitative estimate of drug-likeness (QED) is 0.774. The molecule has 26 heavy (non-hydrogen) atoms. The van der Waals surface area contributed by atoms with E-state index in [2.05, 4.69) is 10.6 Å². The van der Waals surface area contributed by atoms with Crippen molar-refractivity contribution in [3.05, 3.63) is 29.8 Å². The fourth-order valence-corrected chi connectivity index (χ4v) is 3.97. The van der Waals surface area contributed by atoms with Gasteiger partial charge in [-0.2, -0.15) is 0 Å². The monoisotopic (exact) mass is 379 g/mol. The van der Waals surface area contributed by atoms with Crippen molar-refractivity contribution in [3.8, 4) is 0 Å². The fraction of sp³-hybridized carbons (Fsp3) is 0.556. The lowest BCUT2D eigenvalue weighted by molar-refractivity contribution is -0.121. The molecule has 3 rings (SSSR count). The molecular formula is C18H25N3O4S. The molecule has 0 bridgehead atoms. The van der Waals surface area contributed by atoms with Crippen molar-refractivity contribution in [1.29, 1.82) is 0 Å². The van der Waals surface area contributed by atoms with Gasteiger partial charge in [0.2, 0.25) is 21.8 Å². The van der Waals surface area contributed by atoms with Gasteiger partial charge in [-0.05, 0) is 43.4 Å². The van der Waals surface area contributed by atoms with Crippen molar-refractivity contribution in [3.63, 3.8) is 0 Å². The summed E-state index contributed by atoms with van der Waals surface area (Å²) >= 11 is 0. The van der Waals surface area contributed by atoms with Crippen LogP contribution in [-0.4, -0.2) is 49.9 Å². The van der Waals surface area contributed by atoms with Gasteiger partial charge in [-0.3, -0.25) is 9.59 Å². The number of anilines is 1. The molecule has 2 aliphatic rings. The third-order valence-electron chi connectivity index (χ3n) is 4.82. The maximum Gasteiger partial charge on any atom is 0.227 e. The van der Waals surface area contributed by atoms with Gasteiger partial charge in [0.15, 0.2) is 0 Å². The zero-order chi connectivity index (χ0) is 18.7. The molecule has 142 valence electrons. The van der Waals surface area contributed by atoms with Crippen molar-refractivity contribution < 1.29 is 18.0 Å². The van der Waals surface area contributed by atoms with Gasteiger partial charge in [0.25, 0.3) is 0 Å². The molecule has 1 aromatic carbocycles. The number of nitrogens with zero attached hydrogens (tertiary/aromatic N) is 1. The van der Waals surface area contributed by atoms with Crippen LogP contribution in [0.4, 0.5) is 5.69 Å². The summed E-state index contributed by atoms with van der Waals surface area (Å²) in [5, 5.41) is 5.83. The van der Waals surface area contributed by atoms with Gasteiger partial charge >= 0.3 is 0 Å². The molecule has 1 aliphatic heterocycles. The summed E-state index contributed by atoms with van der Waals surface area (Å²) in [6.45, 7) is 0.762. The van der Waals surface area contributed by atoms with Crippen LogP contribution in [0.2, 0.25) is 0 Å². The van der Waals surface area contributed by atoms with E-state index >= 15 is 0 Å². The van der Waals surface area contributed by atoms with E-state index in [4.69, 9.17) is 0 Å². The molecule has 1 heterocycles. The summed E-state index contributed by atoms with van der Waals surface area (Å²) < 4.78 is 24.5. The van der Waals surface area contributed by atoms with E-state index < -0.39 is 10.0 Å². The fourth-order valence-electron chi connectivity index (χ4n) is 3.09. The summed E-state index contributed by atoms with van der Waals surface area (Å²) in [6, 6.07) is 7.63. The maximum absolute atomic E-state index is 12.4. The number of carbonyl (C=O) groups is 2. The number of hydrogen-bond donors (Lipinski definition) is 2. The summed E-state index contributed by atoms with van der Waals surface area (Å²) in [4.78, 5) is 24.2. The Morgan fingerprint density at radius 2 is 1.69 bits per heavy atom. The van der Waals surface area contributed by atoms with Crippen molar-refractivity contribution in [2.75, 3.05) is 24.7 Å². The second-order valence-corrected chi connectivity index (χ2v) is 9.12. The Labute approximate surface area is 154 Å². The molecule has 1 aromatic rings. The van der Waals surface area contributed by atoms with Crippen LogP contribution in [0.25, 0.3) is 0 Å². The number of carbonyl (C=O) groups excluding carboxylic acids is 2. The predicted octanol–water partition coefficient (Wildman–Crippen LogP) is 1.12. The first-order valence-electron chi connectivity index (χ1n) is 8.95. The first-order chi connectivity index (χ1) is 12.3. The van der Waals surface area contributed by atoms with E-state index in [9.17, 15) is 18.0 Å². The lowest BCUT2D eigenvalue weighted by atomic mass is 9.97. The van der Waals surface area contributed by atoms with E-state index in [0.29, 0.717) is 44.1 Å². The number of nitrogens with one attached hydrogen (secondary N) is 2. The van der Waals surface area contributed by atoms with Gasteiger partial charge < -0.3 is 10.6 Å². The Morgan fingerprint density at radius 3 is 2.23 bits per heavy atom. The van der Waals surface area contributed by atoms with Crippen LogP contribution in [0.15, 0.2) is 24.3 Å². The SMILES string of the molecule is CS(=O)(=O)N1CCC(C(=O)Nc2ccc(CC(=O)NC3CC3)cc2)CC1. The standard InChI is InChI=1S/C18H25N3O4S/c1-26(24,25)21-10-8-14(9-11-21)18(23)20-16-4-2-13(3-5-16)12-17(22)19-15-6-7-15/h2-5,14-15H,6-12H2,1H3,(H,19,22)(H,20,23). The van der Waals surface area contributed by atoms with Crippen molar-refractivity contribution in [1.82, 2.24) is 9.62 Å². The van der Waals surface area contributed by atoms with Gasteiger partial charge in [-0.1, -0.05) is 12.1 Å². The van der Waals surface area contributed by atoms with Crippen molar-refractivity contribution in [2.24, 2.45) is 5.92 Å². The van der Waals surface area contributed by atoms with E-state index in [1.807, 2.05) is 12.1 Å². The summed E-state index contributed by atoms with van der Waals surface area (Å²) in [5.74, 6) is -0.240. The molecule has 0 atom stereocenters. The van der Waals surface area contributed by atoms with Crippen LogP contribution in [0.3, 0.4) is 0 Å². The van der Waals surface area contributed by atoms with Crippen LogP contribution in [0.5, 0.6) is 0 Å². The molecule has 2 amide bonds. The third-order valence-corrected chi connectivity index (χ3v) is 6.13. The minimum atomic E-state index is -3.18. The van der Waals surface area contributed by atoms with E-state index in [1.165, 1.54) is 10.6 Å². The predicted molar refractivity (Wildman–Crippen MR) is 99.1 cm³/mol. The largest absolute Gasteiger partial charge is 0.353 e. The Hall–Kier alpha value is -1.93. The lowest BCUT2D eigenvalue weighted by Crippen LogP contribution is -2.40. The zero-order valence-electron chi connectivity index (χ0n) is 14.9. The van der Waals surface area contributed by atoms with Crippen LogP contribution in [0.1, 0.15) is 31.2 Å². The van der Waals surface area contributed by atoms with E-state index in [-0.39, 0.29) is 17.7 Å². The highest BCUT2D eigenvalue weighted by atomic mass is 32.2. The second-order valence-electron chi connectivity index (χ2n) is 7.14. The maximum atomic E-state index is 12.4. The molecule has 1 saturated heterocycles. The van der Waals surface area contributed by atoms with Gasteiger partial charge in [0, 0.05) is 30.7 Å². The normalized spacial score (nSPS) is 19.1. The van der Waals surface area contributed by atoms with Crippen LogP contribution in [0, 0.1) is 5.92 Å². The van der Waals surface area contributed by atoms with Crippen LogP contribution >= 0.6 is 0 Å². The smallest absolute Gasteiger partial charge is 0.227 e. The average Bonchev–Trinajstić information content (AvgIpc) is 3.40. The van der Waals surface area contributed by atoms with Gasteiger partial charge in [-0.25, -0.2) is 12.7 Å². The Bertz CT molecular complexity index is 764. The molecule has 1 aliphatic carbocycles. The first-order valence-corrected chi connectivity index (χ1v) is 10.8. The molecule has 0 spiro atoms. The third kappa shape index (κ3) is 5.28. The number of amides is 2. The average molecular weight is 379 g/mol. The van der Waals surface area contributed by atoms with Crippen molar-refractivity contribution in [2.45, 2.75) is 38.1 Å². The number of piperidine rings is 1. The number of sulfonamides is 1. The molecule has 0 unspecified atom stereocenters. The summed E-state index contributed by atoms with van der Waals surface area (Å²) in [5.41, 5.74) is 1.59. The number of rotatable bonds is 6. The Morgan fingerprint density at radius 1 is 1.08 bits per heavy atom. The first kappa shape index (κ1) is 18.8. The lowest BCUT2D eigenvalue weighted by Gasteiger charge is -2.29. The summed E-state index contributed by atoms with van der Waals surface area (Å²) in [6.07, 6.45) is 4.73. The molecule has 8 heteroatoms. The number of hydrogen-bond acceptors (Lipinski definition) is 4. The molecule has 1 saturated carbocycles. The van der Waals surface area contributed by atoms with E-state index in [1.54, 1.807) is 12.1 Å². The topological polar surface area (TPSA) is 95.6 Å². The zero-order valence-corrected chi connectivity index (χ0v) is 15.7. The molecular weight excluding hydrogens is 354 g/mol. The second kappa shape index (κ2) is 7.75. The summed E-state index contributed by atoms with van der Waals surface area (Å²) in [7, 11) is -3.18. The molecule has 2 fully saturated rings. The van der Waals surface area contributed by atoms with Crippen LogP contribution < -0.4 is 10.6 Å². The minimum Gasteiger partial charge on any atom is -0.353 e. The Kier molecular flexibility index (Phi) is 5.62. The highest BCUT2D eigenvalue weighted by molar-refractivity contribution is 7.88. The highest BCUT2D eigenvalue weighted by Gasteiger charge is 2.29. The highest BCUT2D eigenvalue weighted by Crippen LogP contribution is 2.22. The molecule has 0 radical (unpaired) electrons. The molecule has 2 N–H and O–H groups in total.